The van der Waals surface area contributed by atoms with Crippen LogP contribution in [0.15, 0.2) is 42.7 Å². The third-order valence-electron chi connectivity index (χ3n) is 5.62. The van der Waals surface area contributed by atoms with Gasteiger partial charge in [-0.05, 0) is 44.0 Å². The zero-order valence-electron chi connectivity index (χ0n) is 15.8. The molecule has 1 saturated heterocycles. The van der Waals surface area contributed by atoms with Crippen molar-refractivity contribution in [2.45, 2.75) is 38.3 Å². The Hall–Kier alpha value is -2.11. The summed E-state index contributed by atoms with van der Waals surface area (Å²) in [5.41, 5.74) is 2.60. The van der Waals surface area contributed by atoms with Crippen LogP contribution < -0.4 is 15.0 Å². The average Bonchev–Trinajstić information content (AvgIpc) is 3.10. The molecule has 0 radical (unpaired) electrons. The number of rotatable bonds is 2. The minimum atomic E-state index is 0.431. The molecule has 1 fully saturated rings. The van der Waals surface area contributed by atoms with Crippen molar-refractivity contribution in [3.8, 4) is 5.75 Å². The van der Waals surface area contributed by atoms with E-state index in [-0.39, 0.29) is 0 Å². The number of nitrogens with one attached hydrogen (secondary N) is 1. The van der Waals surface area contributed by atoms with Crippen LogP contribution in [0.4, 0.5) is 5.69 Å². The Morgan fingerprint density at radius 3 is 2.81 bits per heavy atom. The molecule has 0 bridgehead atoms. The Morgan fingerprint density at radius 2 is 2.00 bits per heavy atom. The van der Waals surface area contributed by atoms with Crippen molar-refractivity contribution in [2.24, 2.45) is 0 Å². The number of fused-ring (bicyclic) bond motifs is 2. The number of piperazine rings is 1. The van der Waals surface area contributed by atoms with Gasteiger partial charge in [0.05, 0.1) is 6.61 Å². The minimum Gasteiger partial charge on any atom is -0.493 e. The molecule has 1 N–H and O–H groups in total. The van der Waals surface area contributed by atoms with Gasteiger partial charge >= 0.3 is 0 Å². The van der Waals surface area contributed by atoms with Crippen molar-refractivity contribution in [2.75, 3.05) is 24.6 Å². The molecule has 4 nitrogen and oxygen atoms in total. The van der Waals surface area contributed by atoms with Gasteiger partial charge in [-0.15, -0.1) is 11.3 Å². The summed E-state index contributed by atoms with van der Waals surface area (Å²) in [7, 11) is 0. The zero-order chi connectivity index (χ0) is 18.4. The molecule has 140 valence electrons. The number of hydrogen-bond donors (Lipinski definition) is 1. The summed E-state index contributed by atoms with van der Waals surface area (Å²) in [6, 6.07) is 12.2. The molecule has 2 aliphatic rings. The summed E-state index contributed by atoms with van der Waals surface area (Å²) in [6.07, 6.45) is 4.87. The molecule has 0 spiro atoms. The van der Waals surface area contributed by atoms with Crippen LogP contribution in [-0.2, 0) is 6.42 Å². The van der Waals surface area contributed by atoms with Gasteiger partial charge in [0.25, 0.3) is 0 Å². The molecule has 2 aromatic heterocycles. The summed E-state index contributed by atoms with van der Waals surface area (Å²) in [4.78, 5) is 8.11. The SMILES string of the molecule is C[C@@H]1CN(c2ccc3c(c2)OCC(c2cc4cnccc4s2)C3)C[C@H](C)N1. The lowest BCUT2D eigenvalue weighted by molar-refractivity contribution is 0.264. The van der Waals surface area contributed by atoms with Crippen molar-refractivity contribution in [3.05, 3.63) is 53.2 Å². The second-order valence-electron chi connectivity index (χ2n) is 7.94. The average molecular weight is 380 g/mol. The van der Waals surface area contributed by atoms with E-state index in [1.165, 1.54) is 26.2 Å². The molecule has 5 rings (SSSR count). The Kier molecular flexibility index (Phi) is 4.29. The maximum Gasteiger partial charge on any atom is 0.124 e. The first kappa shape index (κ1) is 17.0. The van der Waals surface area contributed by atoms with Gasteiger partial charge in [-0.3, -0.25) is 4.98 Å². The minimum absolute atomic E-state index is 0.431. The summed E-state index contributed by atoms with van der Waals surface area (Å²) in [6.45, 7) is 7.35. The smallest absolute Gasteiger partial charge is 0.124 e. The quantitative estimate of drug-likeness (QED) is 0.724. The van der Waals surface area contributed by atoms with E-state index in [0.29, 0.717) is 18.0 Å². The molecule has 1 unspecified atom stereocenters. The fourth-order valence-electron chi connectivity index (χ4n) is 4.38. The van der Waals surface area contributed by atoms with Gasteiger partial charge in [-0.1, -0.05) is 6.07 Å². The normalized spacial score (nSPS) is 25.3. The molecular formula is C22H25N3OS. The van der Waals surface area contributed by atoms with Crippen LogP contribution in [-0.4, -0.2) is 36.8 Å². The Balaban J connectivity index is 1.37. The van der Waals surface area contributed by atoms with Gasteiger partial charge in [-0.2, -0.15) is 0 Å². The molecule has 3 atom stereocenters. The number of nitrogens with zero attached hydrogens (tertiary/aromatic N) is 2. The maximum atomic E-state index is 6.22. The Bertz CT molecular complexity index is 926. The number of aromatic nitrogens is 1. The van der Waals surface area contributed by atoms with E-state index in [1.54, 1.807) is 0 Å². The highest BCUT2D eigenvalue weighted by atomic mass is 32.1. The largest absolute Gasteiger partial charge is 0.493 e. The van der Waals surface area contributed by atoms with Crippen LogP contribution in [0.5, 0.6) is 5.75 Å². The first-order chi connectivity index (χ1) is 13.2. The van der Waals surface area contributed by atoms with E-state index in [1.807, 2.05) is 23.7 Å². The van der Waals surface area contributed by atoms with E-state index < -0.39 is 0 Å². The molecule has 2 aliphatic heterocycles. The highest BCUT2D eigenvalue weighted by molar-refractivity contribution is 7.19. The van der Waals surface area contributed by atoms with Gasteiger partial charge in [-0.25, -0.2) is 0 Å². The van der Waals surface area contributed by atoms with Crippen LogP contribution in [0.25, 0.3) is 10.1 Å². The summed E-state index contributed by atoms with van der Waals surface area (Å²) in [5, 5.41) is 4.84. The molecule has 27 heavy (non-hydrogen) atoms. The van der Waals surface area contributed by atoms with Crippen molar-refractivity contribution < 1.29 is 4.74 Å². The lowest BCUT2D eigenvalue weighted by Gasteiger charge is -2.38. The molecule has 0 saturated carbocycles. The molecule has 0 amide bonds. The third-order valence-corrected chi connectivity index (χ3v) is 6.90. The van der Waals surface area contributed by atoms with Gasteiger partial charge < -0.3 is 15.0 Å². The number of ether oxygens (including phenoxy) is 1. The van der Waals surface area contributed by atoms with Gasteiger partial charge in [0.15, 0.2) is 0 Å². The number of benzene rings is 1. The number of thiophene rings is 1. The topological polar surface area (TPSA) is 37.4 Å². The van der Waals surface area contributed by atoms with Crippen molar-refractivity contribution in [3.63, 3.8) is 0 Å². The fourth-order valence-corrected chi connectivity index (χ4v) is 5.50. The molecule has 0 aliphatic carbocycles. The van der Waals surface area contributed by atoms with E-state index in [4.69, 9.17) is 4.74 Å². The Morgan fingerprint density at radius 1 is 1.15 bits per heavy atom. The molecular weight excluding hydrogens is 354 g/mol. The molecule has 1 aromatic carbocycles. The number of hydrogen-bond acceptors (Lipinski definition) is 5. The monoisotopic (exact) mass is 379 g/mol. The fraction of sp³-hybridized carbons (Fsp3) is 0.409. The summed E-state index contributed by atoms with van der Waals surface area (Å²) < 4.78 is 7.53. The van der Waals surface area contributed by atoms with Gasteiger partial charge in [0.2, 0.25) is 0 Å². The summed E-state index contributed by atoms with van der Waals surface area (Å²) >= 11 is 1.87. The zero-order valence-corrected chi connectivity index (χ0v) is 16.6. The standard InChI is InChI=1S/C22H25N3OS/c1-14-11-25(12-15(2)24-14)19-4-3-16-7-18(13-26-20(16)9-19)22-8-17-10-23-6-5-21(17)27-22/h3-6,8-10,14-15,18,24H,7,11-13H2,1-2H3/t14-,15+,18?. The van der Waals surface area contributed by atoms with Crippen LogP contribution in [0.3, 0.4) is 0 Å². The van der Waals surface area contributed by atoms with E-state index in [0.717, 1.165) is 31.9 Å². The van der Waals surface area contributed by atoms with Gasteiger partial charge in [0, 0.05) is 70.2 Å². The Labute approximate surface area is 164 Å². The third kappa shape index (κ3) is 3.30. The van der Waals surface area contributed by atoms with Crippen molar-refractivity contribution >= 4 is 27.1 Å². The highest BCUT2D eigenvalue weighted by Crippen LogP contribution is 2.39. The second kappa shape index (κ2) is 6.80. The van der Waals surface area contributed by atoms with Crippen LogP contribution in [0, 0.1) is 0 Å². The van der Waals surface area contributed by atoms with Crippen molar-refractivity contribution in [1.82, 2.24) is 10.3 Å². The van der Waals surface area contributed by atoms with Crippen LogP contribution >= 0.6 is 11.3 Å². The van der Waals surface area contributed by atoms with E-state index in [9.17, 15) is 0 Å². The molecule has 3 aromatic rings. The lowest BCUT2D eigenvalue weighted by atomic mass is 9.94. The van der Waals surface area contributed by atoms with E-state index in [2.05, 4.69) is 59.4 Å². The molecule has 4 heterocycles. The second-order valence-corrected chi connectivity index (χ2v) is 9.06. The number of pyridine rings is 1. The van der Waals surface area contributed by atoms with Gasteiger partial charge in [0.1, 0.15) is 5.75 Å². The predicted molar refractivity (Wildman–Crippen MR) is 112 cm³/mol. The summed E-state index contributed by atoms with van der Waals surface area (Å²) in [5.74, 6) is 1.49. The maximum absolute atomic E-state index is 6.22. The predicted octanol–water partition coefficient (Wildman–Crippen LogP) is 4.20. The van der Waals surface area contributed by atoms with E-state index >= 15 is 0 Å². The lowest BCUT2D eigenvalue weighted by Crippen LogP contribution is -2.54. The van der Waals surface area contributed by atoms with Crippen LogP contribution in [0.2, 0.25) is 0 Å². The first-order valence-corrected chi connectivity index (χ1v) is 10.6. The molecule has 5 heteroatoms. The number of anilines is 1. The highest BCUT2D eigenvalue weighted by Gasteiger charge is 2.26. The van der Waals surface area contributed by atoms with Crippen molar-refractivity contribution in [1.29, 1.82) is 0 Å². The van der Waals surface area contributed by atoms with Crippen LogP contribution in [0.1, 0.15) is 30.2 Å². The first-order valence-electron chi connectivity index (χ1n) is 9.76.